The zero-order valence-corrected chi connectivity index (χ0v) is 22.7. The van der Waals surface area contributed by atoms with Gasteiger partial charge in [-0.3, -0.25) is 34.3 Å². The SMILES string of the molecule is CN(Cc1csc(COc2cccc3c2C(=O)N(C2CCC(=O)NC2=O)C3=O)n1)C1C2CC3CC(C2)CC1C3. The zero-order chi connectivity index (χ0) is 26.8. The second-order valence-corrected chi connectivity index (χ2v) is 12.9. The lowest BCUT2D eigenvalue weighted by molar-refractivity contribution is -0.136. The summed E-state index contributed by atoms with van der Waals surface area (Å²) < 4.78 is 6.03. The van der Waals surface area contributed by atoms with Crippen LogP contribution in [0, 0.1) is 23.7 Å². The first-order valence-electron chi connectivity index (χ1n) is 14.0. The van der Waals surface area contributed by atoms with E-state index < -0.39 is 29.7 Å². The first kappa shape index (κ1) is 24.9. The van der Waals surface area contributed by atoms with Crippen molar-refractivity contribution in [3.63, 3.8) is 0 Å². The highest BCUT2D eigenvalue weighted by Gasteiger charge is 2.49. The largest absolute Gasteiger partial charge is 0.486 e. The molecule has 3 heterocycles. The lowest BCUT2D eigenvalue weighted by atomic mass is 9.54. The van der Waals surface area contributed by atoms with Crippen LogP contribution in [0.4, 0.5) is 0 Å². The van der Waals surface area contributed by atoms with Crippen LogP contribution in [-0.2, 0) is 22.7 Å². The van der Waals surface area contributed by atoms with Crippen molar-refractivity contribution >= 4 is 35.0 Å². The number of carbonyl (C=O) groups is 4. The quantitative estimate of drug-likeness (QED) is 0.529. The number of carbonyl (C=O) groups excluding carboxylic acids is 4. The summed E-state index contributed by atoms with van der Waals surface area (Å²) in [6, 6.07) is 4.54. The van der Waals surface area contributed by atoms with Crippen molar-refractivity contribution in [2.75, 3.05) is 7.05 Å². The molecule has 4 saturated carbocycles. The Morgan fingerprint density at radius 1 is 1.05 bits per heavy atom. The van der Waals surface area contributed by atoms with Crippen LogP contribution in [0.25, 0.3) is 0 Å². The van der Waals surface area contributed by atoms with Gasteiger partial charge in [0.15, 0.2) is 0 Å². The van der Waals surface area contributed by atoms with Crippen molar-refractivity contribution < 1.29 is 23.9 Å². The van der Waals surface area contributed by atoms with Crippen LogP contribution in [0.2, 0.25) is 0 Å². The van der Waals surface area contributed by atoms with Crippen molar-refractivity contribution in [3.05, 3.63) is 45.4 Å². The Hall–Kier alpha value is -3.11. The number of hydrogen-bond donors (Lipinski definition) is 1. The Bertz CT molecular complexity index is 1340. The number of ether oxygens (including phenoxy) is 1. The first-order valence-corrected chi connectivity index (χ1v) is 14.8. The van der Waals surface area contributed by atoms with Crippen LogP contribution in [0.3, 0.4) is 0 Å². The molecule has 1 unspecified atom stereocenters. The highest BCUT2D eigenvalue weighted by atomic mass is 32.1. The molecule has 1 aromatic carbocycles. The van der Waals surface area contributed by atoms with Gasteiger partial charge in [-0.25, -0.2) is 4.98 Å². The minimum Gasteiger partial charge on any atom is -0.486 e. The van der Waals surface area contributed by atoms with Gasteiger partial charge in [0, 0.05) is 24.4 Å². The maximum Gasteiger partial charge on any atom is 0.266 e. The standard InChI is InChI=1S/C29H32N4O5S/c1-32(26-17-8-15-7-16(10-17)11-18(26)9-15)12-19-14-39-24(30-19)13-38-22-4-2-3-20-25(22)29(37)33(28(20)36)21-5-6-23(34)31-27(21)35/h2-4,14-18,21,26H,5-13H2,1H3,(H,31,34,35). The summed E-state index contributed by atoms with van der Waals surface area (Å²) in [6.45, 7) is 1.00. The molecule has 0 spiro atoms. The van der Waals surface area contributed by atoms with Crippen LogP contribution < -0.4 is 10.1 Å². The number of benzene rings is 1. The third-order valence-corrected chi connectivity index (χ3v) is 10.3. The summed E-state index contributed by atoms with van der Waals surface area (Å²) in [5.41, 5.74) is 1.40. The fraction of sp³-hybridized carbons (Fsp3) is 0.552. The highest BCUT2D eigenvalue weighted by molar-refractivity contribution is 7.09. The van der Waals surface area contributed by atoms with E-state index in [0.717, 1.165) is 45.8 Å². The molecule has 9 nitrogen and oxygen atoms in total. The summed E-state index contributed by atoms with van der Waals surface area (Å²) in [6.07, 6.45) is 7.22. The van der Waals surface area contributed by atoms with E-state index in [1.807, 2.05) is 0 Å². The Morgan fingerprint density at radius 2 is 1.79 bits per heavy atom. The zero-order valence-electron chi connectivity index (χ0n) is 21.9. The molecule has 1 saturated heterocycles. The molecule has 1 aromatic heterocycles. The minimum atomic E-state index is -1.00. The molecule has 5 fully saturated rings. The predicted molar refractivity (Wildman–Crippen MR) is 142 cm³/mol. The van der Waals surface area contributed by atoms with Crippen LogP contribution in [0.1, 0.15) is 76.4 Å². The van der Waals surface area contributed by atoms with Crippen molar-refractivity contribution in [1.29, 1.82) is 0 Å². The van der Waals surface area contributed by atoms with Crippen molar-refractivity contribution in [2.24, 2.45) is 23.7 Å². The average Bonchev–Trinajstić information content (AvgIpc) is 3.44. The summed E-state index contributed by atoms with van der Waals surface area (Å²) in [5.74, 6) is 1.72. The van der Waals surface area contributed by atoms with Gasteiger partial charge in [-0.1, -0.05) is 6.07 Å². The normalized spacial score (nSPS) is 31.3. The summed E-state index contributed by atoms with van der Waals surface area (Å²) in [4.78, 5) is 58.5. The van der Waals surface area contributed by atoms with Crippen LogP contribution >= 0.6 is 11.3 Å². The van der Waals surface area contributed by atoms with Gasteiger partial charge in [0.25, 0.3) is 11.8 Å². The molecule has 6 aliphatic rings. The molecule has 2 aliphatic heterocycles. The van der Waals surface area contributed by atoms with E-state index in [4.69, 9.17) is 9.72 Å². The summed E-state index contributed by atoms with van der Waals surface area (Å²) in [5, 5.41) is 5.11. The third kappa shape index (κ3) is 4.28. The highest BCUT2D eigenvalue weighted by Crippen LogP contribution is 2.55. The predicted octanol–water partition coefficient (Wildman–Crippen LogP) is 3.38. The fourth-order valence-corrected chi connectivity index (χ4v) is 8.90. The molecule has 1 atom stereocenters. The van der Waals surface area contributed by atoms with Gasteiger partial charge in [-0.2, -0.15) is 0 Å². The maximum atomic E-state index is 13.3. The number of nitrogens with zero attached hydrogens (tertiary/aromatic N) is 3. The van der Waals surface area contributed by atoms with E-state index in [1.165, 1.54) is 43.4 Å². The fourth-order valence-electron chi connectivity index (χ4n) is 8.21. The Balaban J connectivity index is 1.02. The van der Waals surface area contributed by atoms with Crippen LogP contribution in [0.15, 0.2) is 23.6 Å². The van der Waals surface area contributed by atoms with Crippen LogP contribution in [0.5, 0.6) is 5.75 Å². The molecule has 4 amide bonds. The van der Waals surface area contributed by atoms with Gasteiger partial charge in [0.2, 0.25) is 11.8 Å². The van der Waals surface area contributed by atoms with Gasteiger partial charge < -0.3 is 4.74 Å². The van der Waals surface area contributed by atoms with Gasteiger partial charge in [-0.15, -0.1) is 11.3 Å². The Morgan fingerprint density at radius 3 is 2.51 bits per heavy atom. The molecular formula is C29H32N4O5S. The number of imide groups is 2. The maximum absolute atomic E-state index is 13.3. The molecule has 10 heteroatoms. The number of hydrogen-bond acceptors (Lipinski definition) is 8. The summed E-state index contributed by atoms with van der Waals surface area (Å²) >= 11 is 1.53. The smallest absolute Gasteiger partial charge is 0.266 e. The molecule has 204 valence electrons. The second-order valence-electron chi connectivity index (χ2n) is 12.0. The van der Waals surface area contributed by atoms with Gasteiger partial charge in [0.1, 0.15) is 23.4 Å². The molecule has 0 radical (unpaired) electrons. The van der Waals surface area contributed by atoms with E-state index in [2.05, 4.69) is 22.6 Å². The van der Waals surface area contributed by atoms with Gasteiger partial charge in [-0.05, 0) is 81.4 Å². The molecule has 39 heavy (non-hydrogen) atoms. The number of aromatic nitrogens is 1. The lowest BCUT2D eigenvalue weighted by Gasteiger charge is -2.56. The first-order chi connectivity index (χ1) is 18.9. The average molecular weight is 549 g/mol. The number of amides is 4. The van der Waals surface area contributed by atoms with Crippen molar-refractivity contribution in [3.8, 4) is 5.75 Å². The van der Waals surface area contributed by atoms with Gasteiger partial charge in [0.05, 0.1) is 16.8 Å². The number of rotatable bonds is 7. The van der Waals surface area contributed by atoms with Gasteiger partial charge >= 0.3 is 0 Å². The lowest BCUT2D eigenvalue weighted by Crippen LogP contribution is -2.54. The monoisotopic (exact) mass is 548 g/mol. The second kappa shape index (κ2) is 9.52. The van der Waals surface area contributed by atoms with E-state index in [-0.39, 0.29) is 30.6 Å². The topological polar surface area (TPSA) is 109 Å². The molecule has 4 bridgehead atoms. The van der Waals surface area contributed by atoms with E-state index >= 15 is 0 Å². The van der Waals surface area contributed by atoms with E-state index in [0.29, 0.717) is 11.8 Å². The Kier molecular flexibility index (Phi) is 6.08. The Labute approximate surface area is 230 Å². The number of thiazole rings is 1. The number of piperidine rings is 1. The number of fused-ring (bicyclic) bond motifs is 1. The molecule has 4 aliphatic carbocycles. The minimum absolute atomic E-state index is 0.0812. The number of nitrogens with one attached hydrogen (secondary N) is 1. The summed E-state index contributed by atoms with van der Waals surface area (Å²) in [7, 11) is 2.24. The third-order valence-electron chi connectivity index (χ3n) is 9.48. The van der Waals surface area contributed by atoms with E-state index in [9.17, 15) is 19.2 Å². The molecule has 8 rings (SSSR count). The van der Waals surface area contributed by atoms with E-state index in [1.54, 1.807) is 18.2 Å². The van der Waals surface area contributed by atoms with Crippen molar-refractivity contribution in [2.45, 2.75) is 70.2 Å². The molecule has 1 N–H and O–H groups in total. The van der Waals surface area contributed by atoms with Crippen molar-refractivity contribution in [1.82, 2.24) is 20.1 Å². The van der Waals surface area contributed by atoms with Crippen LogP contribution in [-0.4, -0.2) is 57.5 Å². The molecule has 2 aromatic rings. The molecular weight excluding hydrogens is 516 g/mol.